The molecule has 148 valence electrons. The van der Waals surface area contributed by atoms with E-state index in [2.05, 4.69) is 20.5 Å². The zero-order valence-electron chi connectivity index (χ0n) is 15.2. The monoisotopic (exact) mass is 388 g/mol. The molecule has 0 bridgehead atoms. The van der Waals surface area contributed by atoms with E-state index in [4.69, 9.17) is 10.2 Å². The van der Waals surface area contributed by atoms with Crippen LogP contribution in [-0.4, -0.2) is 35.7 Å². The Bertz CT molecular complexity index is 1040. The average Bonchev–Trinajstić information content (AvgIpc) is 3.34. The summed E-state index contributed by atoms with van der Waals surface area (Å²) in [5.74, 6) is -0.143. The molecule has 3 rings (SSSR count). The van der Waals surface area contributed by atoms with E-state index >= 15 is 0 Å². The molecule has 0 aliphatic rings. The number of aromatic amines is 1. The lowest BCUT2D eigenvalue weighted by molar-refractivity contribution is -0.119. The minimum atomic E-state index is -0.758. The van der Waals surface area contributed by atoms with Crippen LogP contribution in [0, 0.1) is 0 Å². The number of nitrogens with zero attached hydrogens (tertiary/aromatic N) is 6. The number of hydrogen-bond acceptors (Lipinski definition) is 8. The molecule has 3 aromatic rings. The third-order valence-corrected chi connectivity index (χ3v) is 4.10. The molecule has 0 atom stereocenters. The number of H-pyrrole nitrogens is 1. The number of rotatable bonds is 8. The van der Waals surface area contributed by atoms with E-state index in [1.807, 2.05) is 6.92 Å². The summed E-state index contributed by atoms with van der Waals surface area (Å²) < 4.78 is 7.77. The number of anilines is 2. The van der Waals surface area contributed by atoms with Gasteiger partial charge in [-0.15, -0.1) is 5.10 Å². The molecule has 12 nitrogen and oxygen atoms in total. The van der Waals surface area contributed by atoms with E-state index in [-0.39, 0.29) is 24.6 Å². The highest BCUT2D eigenvalue weighted by atomic mass is 16.3. The summed E-state index contributed by atoms with van der Waals surface area (Å²) >= 11 is 0. The number of carbonyl (C=O) groups excluding carboxylic acids is 1. The molecule has 28 heavy (non-hydrogen) atoms. The van der Waals surface area contributed by atoms with Crippen molar-refractivity contribution in [1.29, 1.82) is 0 Å². The van der Waals surface area contributed by atoms with Gasteiger partial charge in [-0.1, -0.05) is 13.3 Å². The molecule has 3 heterocycles. The fraction of sp³-hybridized carbons (Fsp3) is 0.375. The summed E-state index contributed by atoms with van der Waals surface area (Å²) in [5.41, 5.74) is 4.64. The number of hydrogen-bond donors (Lipinski definition) is 2. The molecule has 0 fully saturated rings. The molecule has 0 spiro atoms. The lowest BCUT2D eigenvalue weighted by Gasteiger charge is -2.23. The quantitative estimate of drug-likeness (QED) is 0.534. The summed E-state index contributed by atoms with van der Waals surface area (Å²) in [7, 11) is 0. The Hall–Kier alpha value is -3.70. The second-order valence-corrected chi connectivity index (χ2v) is 6.06. The molecule has 0 aromatic carbocycles. The Morgan fingerprint density at radius 1 is 1.39 bits per heavy atom. The molecule has 0 saturated carbocycles. The minimum Gasteiger partial charge on any atom is -0.467 e. The van der Waals surface area contributed by atoms with Crippen LogP contribution >= 0.6 is 0 Å². The van der Waals surface area contributed by atoms with Crippen molar-refractivity contribution in [1.82, 2.24) is 29.8 Å². The first-order valence-corrected chi connectivity index (χ1v) is 8.67. The second-order valence-electron chi connectivity index (χ2n) is 6.06. The minimum absolute atomic E-state index is 0.0484. The predicted molar refractivity (Wildman–Crippen MR) is 98.4 cm³/mol. The Balaban J connectivity index is 2.05. The molecule has 3 aromatic heterocycles. The van der Waals surface area contributed by atoms with Crippen molar-refractivity contribution < 1.29 is 9.21 Å². The van der Waals surface area contributed by atoms with Crippen LogP contribution in [0.4, 0.5) is 11.5 Å². The molecule has 0 unspecified atom stereocenters. The maximum atomic E-state index is 12.9. The van der Waals surface area contributed by atoms with Crippen molar-refractivity contribution >= 4 is 17.4 Å². The zero-order valence-corrected chi connectivity index (χ0v) is 15.2. The Labute approximate surface area is 158 Å². The maximum Gasteiger partial charge on any atom is 0.330 e. The van der Waals surface area contributed by atoms with Gasteiger partial charge in [-0.3, -0.25) is 24.0 Å². The first-order valence-electron chi connectivity index (χ1n) is 8.67. The molecule has 0 aliphatic carbocycles. The molecule has 0 saturated heterocycles. The SMILES string of the molecule is CCCCn1c(N)c(N(Cc2ccco2)C(=O)Cn2cnnn2)c(=O)[nH]c1=O. The third kappa shape index (κ3) is 4.00. The van der Waals surface area contributed by atoms with Crippen molar-refractivity contribution in [3.05, 3.63) is 51.3 Å². The van der Waals surface area contributed by atoms with Crippen molar-refractivity contribution in [3.8, 4) is 0 Å². The summed E-state index contributed by atoms with van der Waals surface area (Å²) in [4.78, 5) is 41.0. The van der Waals surface area contributed by atoms with Crippen LogP contribution < -0.4 is 21.9 Å². The van der Waals surface area contributed by atoms with Crippen molar-refractivity contribution in [2.24, 2.45) is 0 Å². The van der Waals surface area contributed by atoms with E-state index in [1.54, 1.807) is 12.1 Å². The number of amides is 1. The van der Waals surface area contributed by atoms with Gasteiger partial charge < -0.3 is 10.2 Å². The van der Waals surface area contributed by atoms with Gasteiger partial charge in [0.2, 0.25) is 5.91 Å². The Morgan fingerprint density at radius 2 is 2.21 bits per heavy atom. The maximum absolute atomic E-state index is 12.9. The van der Waals surface area contributed by atoms with Gasteiger partial charge >= 0.3 is 5.69 Å². The van der Waals surface area contributed by atoms with Gasteiger partial charge in [-0.25, -0.2) is 9.48 Å². The molecule has 3 N–H and O–H groups in total. The van der Waals surface area contributed by atoms with Gasteiger partial charge in [0.1, 0.15) is 24.5 Å². The van der Waals surface area contributed by atoms with E-state index in [0.29, 0.717) is 18.7 Å². The third-order valence-electron chi connectivity index (χ3n) is 4.10. The van der Waals surface area contributed by atoms with Crippen LogP contribution in [0.15, 0.2) is 38.7 Å². The van der Waals surface area contributed by atoms with Crippen molar-refractivity contribution in [2.75, 3.05) is 10.6 Å². The van der Waals surface area contributed by atoms with Gasteiger partial charge in [0.15, 0.2) is 5.69 Å². The lowest BCUT2D eigenvalue weighted by atomic mass is 10.3. The first kappa shape index (κ1) is 19.1. The van der Waals surface area contributed by atoms with Crippen LogP contribution in [0.1, 0.15) is 25.5 Å². The van der Waals surface area contributed by atoms with Gasteiger partial charge in [0.25, 0.3) is 5.56 Å². The van der Waals surface area contributed by atoms with Crippen LogP contribution in [0.25, 0.3) is 0 Å². The lowest BCUT2D eigenvalue weighted by Crippen LogP contribution is -2.42. The predicted octanol–water partition coefficient (Wildman–Crippen LogP) is -0.268. The second kappa shape index (κ2) is 8.33. The number of furan rings is 1. The fourth-order valence-electron chi connectivity index (χ4n) is 2.70. The fourth-order valence-corrected chi connectivity index (χ4v) is 2.70. The number of aromatic nitrogens is 6. The molecule has 1 amide bonds. The standard InChI is InChI=1S/C16H20N8O4/c1-2-3-6-23-14(17)13(15(26)19-16(23)27)24(8-11-5-4-7-28-11)12(25)9-22-10-18-20-21-22/h4-5,7,10H,2-3,6,8-9,17H2,1H3,(H,19,26,27). The number of nitrogen functional groups attached to an aromatic ring is 1. The first-order chi connectivity index (χ1) is 13.5. The summed E-state index contributed by atoms with van der Waals surface area (Å²) in [6.45, 7) is 2.02. The number of carbonyl (C=O) groups is 1. The largest absolute Gasteiger partial charge is 0.467 e. The van der Waals surface area contributed by atoms with Crippen LogP contribution in [0.3, 0.4) is 0 Å². The van der Waals surface area contributed by atoms with Crippen molar-refractivity contribution in [2.45, 2.75) is 39.4 Å². The molecular formula is C16H20N8O4. The Kier molecular flexibility index (Phi) is 5.67. The highest BCUT2D eigenvalue weighted by Crippen LogP contribution is 2.20. The highest BCUT2D eigenvalue weighted by molar-refractivity contribution is 5.95. The van der Waals surface area contributed by atoms with Crippen LogP contribution in [-0.2, 0) is 24.4 Å². The Morgan fingerprint density at radius 3 is 2.86 bits per heavy atom. The zero-order chi connectivity index (χ0) is 20.1. The topological polar surface area (TPSA) is 158 Å². The molecule has 0 radical (unpaired) electrons. The van der Waals surface area contributed by atoms with Gasteiger partial charge in [-0.2, -0.15) is 0 Å². The molecule has 12 heteroatoms. The molecule has 0 aliphatic heterocycles. The number of nitrogens with one attached hydrogen (secondary N) is 1. The smallest absolute Gasteiger partial charge is 0.330 e. The number of unbranched alkanes of at least 4 members (excludes halogenated alkanes) is 1. The average molecular weight is 388 g/mol. The summed E-state index contributed by atoms with van der Waals surface area (Å²) in [6, 6.07) is 3.32. The highest BCUT2D eigenvalue weighted by Gasteiger charge is 2.25. The van der Waals surface area contributed by atoms with E-state index in [0.717, 1.165) is 11.3 Å². The normalized spacial score (nSPS) is 10.9. The molecular weight excluding hydrogens is 368 g/mol. The number of nitrogens with two attached hydrogens (primary N) is 1. The van der Waals surface area contributed by atoms with Crippen LogP contribution in [0.5, 0.6) is 0 Å². The van der Waals surface area contributed by atoms with E-state index < -0.39 is 17.2 Å². The number of tetrazole rings is 1. The van der Waals surface area contributed by atoms with E-state index in [9.17, 15) is 14.4 Å². The summed E-state index contributed by atoms with van der Waals surface area (Å²) in [6.07, 6.45) is 4.24. The van der Waals surface area contributed by atoms with Crippen LogP contribution in [0.2, 0.25) is 0 Å². The van der Waals surface area contributed by atoms with Gasteiger partial charge in [0, 0.05) is 6.54 Å². The van der Waals surface area contributed by atoms with E-state index in [1.165, 1.54) is 21.8 Å². The van der Waals surface area contributed by atoms with Gasteiger partial charge in [-0.05, 0) is 29.0 Å². The van der Waals surface area contributed by atoms with Gasteiger partial charge in [0.05, 0.1) is 12.8 Å². The summed E-state index contributed by atoms with van der Waals surface area (Å²) in [5, 5.41) is 10.6. The van der Waals surface area contributed by atoms with Crippen molar-refractivity contribution in [3.63, 3.8) is 0 Å².